The molecule has 0 spiro atoms. The summed E-state index contributed by atoms with van der Waals surface area (Å²) in [5, 5.41) is 2.57. The molecule has 0 bridgehead atoms. The lowest BCUT2D eigenvalue weighted by atomic mass is 10.0. The minimum Gasteiger partial charge on any atom is -0.353 e. The van der Waals surface area contributed by atoms with Gasteiger partial charge in [-0.3, -0.25) is 4.79 Å². The van der Waals surface area contributed by atoms with Crippen molar-refractivity contribution in [1.82, 2.24) is 5.32 Å². The Kier molecular flexibility index (Phi) is 4.53. The lowest BCUT2D eigenvalue weighted by molar-refractivity contribution is -0.137. The molecule has 0 aliphatic heterocycles. The number of hydrogen-bond acceptors (Lipinski definition) is 1. The molecular weight excluding hydrogens is 243 g/mol. The van der Waals surface area contributed by atoms with Crippen LogP contribution >= 0.6 is 0 Å². The largest absolute Gasteiger partial charge is 0.416 e. The molecule has 0 aliphatic carbocycles. The van der Waals surface area contributed by atoms with Crippen LogP contribution < -0.4 is 5.32 Å². The Balaban J connectivity index is 2.77. The molecule has 1 N–H and O–H groups in total. The number of hydrogen-bond donors (Lipinski definition) is 1. The molecule has 18 heavy (non-hydrogen) atoms. The van der Waals surface area contributed by atoms with E-state index >= 15 is 0 Å². The normalized spacial score (nSPS) is 11.8. The van der Waals surface area contributed by atoms with E-state index in [1.54, 1.807) is 19.1 Å². The molecule has 0 heterocycles. The van der Waals surface area contributed by atoms with Crippen LogP contribution in [0.25, 0.3) is 6.08 Å². The fraction of sp³-hybridized carbons (Fsp3) is 0.308. The van der Waals surface area contributed by atoms with Gasteiger partial charge in [0, 0.05) is 13.5 Å². The molecule has 0 atom stereocenters. The van der Waals surface area contributed by atoms with Gasteiger partial charge in [0.25, 0.3) is 0 Å². The van der Waals surface area contributed by atoms with Crippen molar-refractivity contribution < 1.29 is 18.0 Å². The molecule has 0 saturated heterocycles. The van der Waals surface area contributed by atoms with Crippen LogP contribution in [0.2, 0.25) is 0 Å². The highest BCUT2D eigenvalue weighted by Gasteiger charge is 2.30. The van der Waals surface area contributed by atoms with Gasteiger partial charge in [0.1, 0.15) is 0 Å². The quantitative estimate of drug-likeness (QED) is 0.885. The van der Waals surface area contributed by atoms with Crippen LogP contribution in [0, 0.1) is 6.92 Å². The Morgan fingerprint density at radius 2 is 2.06 bits per heavy atom. The number of nitrogens with one attached hydrogen (secondary N) is 1. The Morgan fingerprint density at radius 3 is 2.56 bits per heavy atom. The zero-order valence-electron chi connectivity index (χ0n) is 10.1. The van der Waals surface area contributed by atoms with Crippen molar-refractivity contribution in [1.29, 1.82) is 0 Å². The maximum Gasteiger partial charge on any atom is 0.416 e. The molecule has 0 aromatic heterocycles. The van der Waals surface area contributed by atoms with Gasteiger partial charge >= 0.3 is 6.18 Å². The monoisotopic (exact) mass is 257 g/mol. The van der Waals surface area contributed by atoms with E-state index in [1.807, 2.05) is 0 Å². The van der Waals surface area contributed by atoms with Crippen LogP contribution in [0.4, 0.5) is 13.2 Å². The van der Waals surface area contributed by atoms with E-state index in [4.69, 9.17) is 0 Å². The molecule has 2 nitrogen and oxygen atoms in total. The highest BCUT2D eigenvalue weighted by molar-refractivity contribution is 5.73. The van der Waals surface area contributed by atoms with E-state index in [2.05, 4.69) is 5.32 Å². The number of carbonyl (C=O) groups is 1. The van der Waals surface area contributed by atoms with Crippen molar-refractivity contribution in [2.75, 3.05) is 6.54 Å². The first-order chi connectivity index (χ1) is 8.30. The Morgan fingerprint density at radius 1 is 1.39 bits per heavy atom. The first-order valence-electron chi connectivity index (χ1n) is 5.39. The van der Waals surface area contributed by atoms with Crippen molar-refractivity contribution in [3.8, 4) is 0 Å². The fourth-order valence-corrected chi connectivity index (χ4v) is 1.43. The molecule has 0 radical (unpaired) electrons. The van der Waals surface area contributed by atoms with E-state index in [1.165, 1.54) is 13.0 Å². The second-order valence-corrected chi connectivity index (χ2v) is 3.91. The first kappa shape index (κ1) is 14.3. The van der Waals surface area contributed by atoms with Crippen LogP contribution in [0.1, 0.15) is 23.6 Å². The molecule has 1 rings (SSSR count). The second kappa shape index (κ2) is 5.71. The number of amides is 1. The van der Waals surface area contributed by atoms with E-state index in [0.717, 1.165) is 12.1 Å². The summed E-state index contributed by atoms with van der Waals surface area (Å²) in [6.45, 7) is 3.38. The predicted octanol–water partition coefficient (Wildman–Crippen LogP) is 3.16. The standard InChI is InChI=1S/C13H14F3NO/c1-9-8-12(13(14,15)16)6-5-11(9)4-3-7-17-10(2)18/h3-6,8H,7H2,1-2H3,(H,17,18). The minimum absolute atomic E-state index is 0.149. The van der Waals surface area contributed by atoms with Crippen molar-refractivity contribution in [3.05, 3.63) is 41.0 Å². The molecule has 1 amide bonds. The average Bonchev–Trinajstić information content (AvgIpc) is 2.24. The van der Waals surface area contributed by atoms with Gasteiger partial charge < -0.3 is 5.32 Å². The Hall–Kier alpha value is -1.78. The van der Waals surface area contributed by atoms with Crippen molar-refractivity contribution in [2.24, 2.45) is 0 Å². The van der Waals surface area contributed by atoms with Gasteiger partial charge in [-0.05, 0) is 30.2 Å². The Labute approximate surface area is 104 Å². The van der Waals surface area contributed by atoms with E-state index in [9.17, 15) is 18.0 Å². The average molecular weight is 257 g/mol. The fourth-order valence-electron chi connectivity index (χ4n) is 1.43. The van der Waals surface area contributed by atoms with Gasteiger partial charge in [0.2, 0.25) is 5.91 Å². The van der Waals surface area contributed by atoms with E-state index < -0.39 is 11.7 Å². The highest BCUT2D eigenvalue weighted by Crippen LogP contribution is 2.30. The summed E-state index contributed by atoms with van der Waals surface area (Å²) in [7, 11) is 0. The second-order valence-electron chi connectivity index (χ2n) is 3.91. The molecule has 0 saturated carbocycles. The van der Waals surface area contributed by atoms with Crippen molar-refractivity contribution in [3.63, 3.8) is 0 Å². The topological polar surface area (TPSA) is 29.1 Å². The summed E-state index contributed by atoms with van der Waals surface area (Å²) in [6, 6.07) is 3.57. The van der Waals surface area contributed by atoms with Gasteiger partial charge in [-0.25, -0.2) is 0 Å². The SMILES string of the molecule is CC(=O)NCC=Cc1ccc(C(F)(F)F)cc1C. The summed E-state index contributed by atoms with van der Waals surface area (Å²) in [5.74, 6) is -0.149. The van der Waals surface area contributed by atoms with Crippen molar-refractivity contribution in [2.45, 2.75) is 20.0 Å². The number of rotatable bonds is 3. The van der Waals surface area contributed by atoms with E-state index in [0.29, 0.717) is 17.7 Å². The number of aryl methyl sites for hydroxylation is 1. The van der Waals surface area contributed by atoms with E-state index in [-0.39, 0.29) is 5.91 Å². The van der Waals surface area contributed by atoms with Gasteiger partial charge in [-0.15, -0.1) is 0 Å². The number of alkyl halides is 3. The number of carbonyl (C=O) groups excluding carboxylic acids is 1. The number of halogens is 3. The Bertz CT molecular complexity index is 464. The molecule has 1 aromatic carbocycles. The smallest absolute Gasteiger partial charge is 0.353 e. The molecule has 0 fully saturated rings. The summed E-state index contributed by atoms with van der Waals surface area (Å²) in [5.41, 5.74) is 0.594. The van der Waals surface area contributed by atoms with Crippen LogP contribution in [-0.4, -0.2) is 12.5 Å². The summed E-state index contributed by atoms with van der Waals surface area (Å²) < 4.78 is 37.3. The third-order valence-corrected chi connectivity index (χ3v) is 2.36. The molecular formula is C13H14F3NO. The van der Waals surface area contributed by atoms with Gasteiger partial charge in [-0.1, -0.05) is 18.2 Å². The summed E-state index contributed by atoms with van der Waals surface area (Å²) in [6.07, 6.45) is -0.939. The summed E-state index contributed by atoms with van der Waals surface area (Å²) in [4.78, 5) is 10.6. The third kappa shape index (κ3) is 4.24. The molecule has 1 aromatic rings. The van der Waals surface area contributed by atoms with Crippen LogP contribution in [-0.2, 0) is 11.0 Å². The zero-order chi connectivity index (χ0) is 13.8. The number of benzene rings is 1. The third-order valence-electron chi connectivity index (χ3n) is 2.36. The summed E-state index contributed by atoms with van der Waals surface area (Å²) >= 11 is 0. The molecule has 0 unspecified atom stereocenters. The molecule has 5 heteroatoms. The molecule has 0 aliphatic rings. The van der Waals surface area contributed by atoms with Crippen LogP contribution in [0.3, 0.4) is 0 Å². The van der Waals surface area contributed by atoms with Gasteiger partial charge in [0.05, 0.1) is 5.56 Å². The van der Waals surface area contributed by atoms with Gasteiger partial charge in [0.15, 0.2) is 0 Å². The first-order valence-corrected chi connectivity index (χ1v) is 5.39. The van der Waals surface area contributed by atoms with Crippen LogP contribution in [0.5, 0.6) is 0 Å². The van der Waals surface area contributed by atoms with Crippen molar-refractivity contribution >= 4 is 12.0 Å². The predicted molar refractivity (Wildman–Crippen MR) is 63.9 cm³/mol. The minimum atomic E-state index is -4.32. The lowest BCUT2D eigenvalue weighted by Crippen LogP contribution is -2.19. The zero-order valence-corrected chi connectivity index (χ0v) is 10.1. The maximum absolute atomic E-state index is 12.4. The lowest BCUT2D eigenvalue weighted by Gasteiger charge is -2.09. The maximum atomic E-state index is 12.4. The van der Waals surface area contributed by atoms with Crippen LogP contribution in [0.15, 0.2) is 24.3 Å². The highest BCUT2D eigenvalue weighted by atomic mass is 19.4. The molecule has 98 valence electrons. The van der Waals surface area contributed by atoms with Gasteiger partial charge in [-0.2, -0.15) is 13.2 Å².